The van der Waals surface area contributed by atoms with E-state index < -0.39 is 17.7 Å². The molecule has 7 nitrogen and oxygen atoms in total. The van der Waals surface area contributed by atoms with Crippen LogP contribution in [-0.2, 0) is 4.79 Å². The Kier molecular flexibility index (Phi) is 4.64. The van der Waals surface area contributed by atoms with Crippen molar-refractivity contribution in [3.63, 3.8) is 0 Å². The van der Waals surface area contributed by atoms with Crippen molar-refractivity contribution < 1.29 is 19.8 Å². The minimum atomic E-state index is -0.632. The molecule has 2 rings (SSSR count). The number of benzene rings is 1. The molecule has 1 aliphatic heterocycles. The molecule has 21 heavy (non-hydrogen) atoms. The van der Waals surface area contributed by atoms with Crippen LogP contribution in [0, 0.1) is 0 Å². The summed E-state index contributed by atoms with van der Waals surface area (Å²) in [5, 5.41) is 25.1. The Morgan fingerprint density at radius 1 is 1.43 bits per heavy atom. The van der Waals surface area contributed by atoms with Crippen LogP contribution in [0.15, 0.2) is 18.2 Å². The molecule has 0 bridgehead atoms. The lowest BCUT2D eigenvalue weighted by atomic mass is 10.1. The highest BCUT2D eigenvalue weighted by Gasteiger charge is 2.33. The maximum atomic E-state index is 12.5. The van der Waals surface area contributed by atoms with Crippen molar-refractivity contribution in [3.8, 4) is 11.5 Å². The fraction of sp³-hybridized carbons (Fsp3) is 0.429. The van der Waals surface area contributed by atoms with Crippen LogP contribution in [0.1, 0.15) is 17.3 Å². The number of para-hydroxylation sites is 1. The molecular weight excluding hydrogens is 274 g/mol. The highest BCUT2D eigenvalue weighted by molar-refractivity contribution is 6.00. The SMILES string of the molecule is CCNC(=O)C1CNCCN1C(=O)c1cccc(O)c1O. The molecule has 1 aliphatic rings. The summed E-state index contributed by atoms with van der Waals surface area (Å²) in [5.74, 6) is -1.53. The number of nitrogens with one attached hydrogen (secondary N) is 2. The van der Waals surface area contributed by atoms with E-state index in [2.05, 4.69) is 10.6 Å². The van der Waals surface area contributed by atoms with E-state index in [1.54, 1.807) is 6.92 Å². The lowest BCUT2D eigenvalue weighted by molar-refractivity contribution is -0.126. The van der Waals surface area contributed by atoms with Gasteiger partial charge in [-0.1, -0.05) is 6.07 Å². The third-order valence-corrected chi connectivity index (χ3v) is 3.40. The number of amides is 2. The normalized spacial score (nSPS) is 18.3. The smallest absolute Gasteiger partial charge is 0.258 e. The van der Waals surface area contributed by atoms with Gasteiger partial charge in [-0.3, -0.25) is 9.59 Å². The number of carbonyl (C=O) groups is 2. The molecule has 4 N–H and O–H groups in total. The molecule has 1 heterocycles. The van der Waals surface area contributed by atoms with Crippen LogP contribution in [0.25, 0.3) is 0 Å². The minimum Gasteiger partial charge on any atom is -0.504 e. The van der Waals surface area contributed by atoms with Gasteiger partial charge in [0.15, 0.2) is 11.5 Å². The van der Waals surface area contributed by atoms with Gasteiger partial charge >= 0.3 is 0 Å². The van der Waals surface area contributed by atoms with Crippen molar-refractivity contribution in [2.24, 2.45) is 0 Å². The molecule has 1 fully saturated rings. The van der Waals surface area contributed by atoms with Gasteiger partial charge in [0.05, 0.1) is 5.56 Å². The number of nitrogens with zero attached hydrogens (tertiary/aromatic N) is 1. The van der Waals surface area contributed by atoms with Gasteiger partial charge in [0.25, 0.3) is 5.91 Å². The first-order chi connectivity index (χ1) is 10.1. The Balaban J connectivity index is 2.26. The van der Waals surface area contributed by atoms with Gasteiger partial charge in [-0.2, -0.15) is 0 Å². The van der Waals surface area contributed by atoms with Gasteiger partial charge in [0.1, 0.15) is 6.04 Å². The maximum Gasteiger partial charge on any atom is 0.258 e. The van der Waals surface area contributed by atoms with Crippen LogP contribution in [0.2, 0.25) is 0 Å². The van der Waals surface area contributed by atoms with E-state index in [1.165, 1.54) is 23.1 Å². The van der Waals surface area contributed by atoms with Crippen molar-refractivity contribution >= 4 is 11.8 Å². The lowest BCUT2D eigenvalue weighted by Crippen LogP contribution is -2.59. The van der Waals surface area contributed by atoms with E-state index >= 15 is 0 Å². The molecule has 1 unspecified atom stereocenters. The predicted octanol–water partition coefficient (Wildman–Crippen LogP) is -0.352. The first-order valence-corrected chi connectivity index (χ1v) is 6.86. The quantitative estimate of drug-likeness (QED) is 0.571. The summed E-state index contributed by atoms with van der Waals surface area (Å²) in [6, 6.07) is 3.57. The molecule has 2 amide bonds. The van der Waals surface area contributed by atoms with E-state index in [-0.39, 0.29) is 17.2 Å². The number of hydrogen-bond acceptors (Lipinski definition) is 5. The van der Waals surface area contributed by atoms with Gasteiger partial charge < -0.3 is 25.7 Å². The fourth-order valence-corrected chi connectivity index (χ4v) is 2.33. The molecule has 1 aromatic carbocycles. The van der Waals surface area contributed by atoms with Crippen LogP contribution in [0.5, 0.6) is 11.5 Å². The first kappa shape index (κ1) is 15.1. The molecule has 1 saturated heterocycles. The second-order valence-corrected chi connectivity index (χ2v) is 4.79. The Bertz CT molecular complexity index is 547. The summed E-state index contributed by atoms with van der Waals surface area (Å²) in [5.41, 5.74) is -0.00815. The Labute approximate surface area is 122 Å². The third-order valence-electron chi connectivity index (χ3n) is 3.40. The Morgan fingerprint density at radius 3 is 2.90 bits per heavy atom. The predicted molar refractivity (Wildman–Crippen MR) is 76.1 cm³/mol. The van der Waals surface area contributed by atoms with Crippen LogP contribution in [0.3, 0.4) is 0 Å². The monoisotopic (exact) mass is 293 g/mol. The topological polar surface area (TPSA) is 102 Å². The number of piperazine rings is 1. The van der Waals surface area contributed by atoms with E-state index in [9.17, 15) is 19.8 Å². The summed E-state index contributed by atoms with van der Waals surface area (Å²) in [6.45, 7) is 3.57. The highest BCUT2D eigenvalue weighted by Crippen LogP contribution is 2.29. The van der Waals surface area contributed by atoms with Crippen LogP contribution < -0.4 is 10.6 Å². The molecule has 0 saturated carbocycles. The second kappa shape index (κ2) is 6.45. The summed E-state index contributed by atoms with van der Waals surface area (Å²) in [7, 11) is 0. The van der Waals surface area contributed by atoms with Crippen molar-refractivity contribution in [3.05, 3.63) is 23.8 Å². The van der Waals surface area contributed by atoms with E-state index in [1.807, 2.05) is 0 Å². The maximum absolute atomic E-state index is 12.5. The third kappa shape index (κ3) is 3.08. The van der Waals surface area contributed by atoms with Crippen molar-refractivity contribution in [2.75, 3.05) is 26.2 Å². The zero-order chi connectivity index (χ0) is 15.4. The molecule has 7 heteroatoms. The van der Waals surface area contributed by atoms with Crippen LogP contribution >= 0.6 is 0 Å². The average molecular weight is 293 g/mol. The van der Waals surface area contributed by atoms with Gasteiger partial charge in [0.2, 0.25) is 5.91 Å². The number of carbonyl (C=O) groups excluding carboxylic acids is 2. The van der Waals surface area contributed by atoms with Gasteiger partial charge in [-0.25, -0.2) is 0 Å². The lowest BCUT2D eigenvalue weighted by Gasteiger charge is -2.35. The molecule has 0 aliphatic carbocycles. The number of phenols is 2. The molecule has 0 radical (unpaired) electrons. The molecule has 114 valence electrons. The number of likely N-dealkylation sites (N-methyl/N-ethyl adjacent to an activating group) is 1. The number of hydrogen-bond donors (Lipinski definition) is 4. The number of phenolic OH excluding ortho intramolecular Hbond substituents is 2. The largest absolute Gasteiger partial charge is 0.504 e. The standard InChI is InChI=1S/C14H19N3O4/c1-2-16-13(20)10-8-15-6-7-17(10)14(21)9-4-3-5-11(18)12(9)19/h3-5,10,15,18-19H,2,6-8H2,1H3,(H,16,20). The highest BCUT2D eigenvalue weighted by atomic mass is 16.3. The zero-order valence-corrected chi connectivity index (χ0v) is 11.8. The van der Waals surface area contributed by atoms with Gasteiger partial charge in [-0.05, 0) is 19.1 Å². The van der Waals surface area contributed by atoms with E-state index in [0.717, 1.165) is 0 Å². The fourth-order valence-electron chi connectivity index (χ4n) is 2.33. The molecular formula is C14H19N3O4. The molecule has 1 aromatic rings. The van der Waals surface area contributed by atoms with E-state index in [4.69, 9.17) is 0 Å². The molecule has 0 aromatic heterocycles. The Hall–Kier alpha value is -2.28. The van der Waals surface area contributed by atoms with Crippen molar-refractivity contribution in [1.29, 1.82) is 0 Å². The first-order valence-electron chi connectivity index (χ1n) is 6.86. The summed E-state index contributed by atoms with van der Waals surface area (Å²) >= 11 is 0. The summed E-state index contributed by atoms with van der Waals surface area (Å²) < 4.78 is 0. The van der Waals surface area contributed by atoms with E-state index in [0.29, 0.717) is 26.2 Å². The number of aromatic hydroxyl groups is 2. The van der Waals surface area contributed by atoms with Gasteiger partial charge in [0, 0.05) is 26.2 Å². The summed E-state index contributed by atoms with van der Waals surface area (Å²) in [6.07, 6.45) is 0. The minimum absolute atomic E-state index is 0.00815. The van der Waals surface area contributed by atoms with Crippen molar-refractivity contribution in [2.45, 2.75) is 13.0 Å². The average Bonchev–Trinajstić information content (AvgIpc) is 2.49. The van der Waals surface area contributed by atoms with Gasteiger partial charge in [-0.15, -0.1) is 0 Å². The van der Waals surface area contributed by atoms with Crippen LogP contribution in [0.4, 0.5) is 0 Å². The van der Waals surface area contributed by atoms with Crippen LogP contribution in [-0.4, -0.2) is 59.1 Å². The Morgan fingerprint density at radius 2 is 2.19 bits per heavy atom. The second-order valence-electron chi connectivity index (χ2n) is 4.79. The van der Waals surface area contributed by atoms with Crippen molar-refractivity contribution in [1.82, 2.24) is 15.5 Å². The molecule has 0 spiro atoms. The molecule has 1 atom stereocenters. The summed E-state index contributed by atoms with van der Waals surface area (Å²) in [4.78, 5) is 26.0. The zero-order valence-electron chi connectivity index (χ0n) is 11.8. The number of rotatable bonds is 3.